The summed E-state index contributed by atoms with van der Waals surface area (Å²) in [4.78, 5) is 4.63. The maximum atomic E-state index is 10.6. The van der Waals surface area contributed by atoms with E-state index in [-0.39, 0.29) is 5.92 Å². The highest BCUT2D eigenvalue weighted by Gasteiger charge is 2.29. The Bertz CT molecular complexity index is 2530. The molecule has 3 heterocycles. The van der Waals surface area contributed by atoms with Crippen molar-refractivity contribution in [2.45, 2.75) is 13.3 Å². The molecule has 1 atom stereocenters. The lowest BCUT2D eigenvalue weighted by atomic mass is 9.79. The summed E-state index contributed by atoms with van der Waals surface area (Å²) in [7, 11) is 0. The first kappa shape index (κ1) is 27.2. The standard InChI is InChI=1S/C43H30N4/c1-28-24-43(47-40-19-9-4-14-33(40)34-15-5-10-20-41(34)47)29(26-44)25-36(28)30-22-23-45-27-37(30)35-16-6-11-21-42(35)46-38-17-7-2-12-31(38)32-13-3-8-18-39(32)46/h2-22,25,28H,23-24H2,1H3. The summed E-state index contributed by atoms with van der Waals surface area (Å²) in [6.07, 6.45) is 5.07. The summed E-state index contributed by atoms with van der Waals surface area (Å²) in [6, 6.07) is 45.3. The lowest BCUT2D eigenvalue weighted by molar-refractivity contribution is 0.690. The molecule has 9 rings (SSSR count). The molecular weight excluding hydrogens is 573 g/mol. The number of para-hydroxylation sites is 5. The number of allylic oxidation sites excluding steroid dienone is 6. The van der Waals surface area contributed by atoms with Crippen LogP contribution < -0.4 is 0 Å². The molecule has 0 bridgehead atoms. The zero-order valence-electron chi connectivity index (χ0n) is 26.0. The minimum Gasteiger partial charge on any atom is -0.312 e. The van der Waals surface area contributed by atoms with Gasteiger partial charge in [-0.25, -0.2) is 4.99 Å². The Kier molecular flexibility index (Phi) is 6.21. The molecule has 0 radical (unpaired) electrons. The second-order valence-corrected chi connectivity index (χ2v) is 12.4. The van der Waals surface area contributed by atoms with Gasteiger partial charge in [-0.1, -0.05) is 104 Å². The molecule has 1 unspecified atom stereocenters. The molecule has 0 fully saturated rings. The van der Waals surface area contributed by atoms with Gasteiger partial charge < -0.3 is 9.13 Å². The van der Waals surface area contributed by atoms with Crippen molar-refractivity contribution in [3.8, 4) is 11.8 Å². The monoisotopic (exact) mass is 602 g/mol. The van der Waals surface area contributed by atoms with Gasteiger partial charge in [0.15, 0.2) is 0 Å². The number of rotatable bonds is 4. The maximum absolute atomic E-state index is 10.6. The van der Waals surface area contributed by atoms with Crippen LogP contribution in [0.15, 0.2) is 155 Å². The maximum Gasteiger partial charge on any atom is 0.101 e. The lowest BCUT2D eigenvalue weighted by Crippen LogP contribution is -2.15. The molecule has 1 aliphatic carbocycles. The summed E-state index contributed by atoms with van der Waals surface area (Å²) in [5.41, 5.74) is 11.7. The van der Waals surface area contributed by atoms with Crippen LogP contribution in [-0.4, -0.2) is 21.5 Å². The van der Waals surface area contributed by atoms with Crippen molar-refractivity contribution in [1.82, 2.24) is 9.13 Å². The largest absolute Gasteiger partial charge is 0.312 e. The Hall–Kier alpha value is -6.14. The first-order chi connectivity index (χ1) is 23.2. The number of hydrogen-bond donors (Lipinski definition) is 0. The van der Waals surface area contributed by atoms with E-state index >= 15 is 0 Å². The van der Waals surface area contributed by atoms with Gasteiger partial charge in [0.1, 0.15) is 6.07 Å². The second-order valence-electron chi connectivity index (χ2n) is 12.4. The second kappa shape index (κ2) is 10.7. The van der Waals surface area contributed by atoms with Crippen LogP contribution in [0.1, 0.15) is 18.9 Å². The number of fused-ring (bicyclic) bond motifs is 6. The van der Waals surface area contributed by atoms with Crippen molar-refractivity contribution in [3.05, 3.63) is 156 Å². The van der Waals surface area contributed by atoms with Gasteiger partial charge in [-0.3, -0.25) is 0 Å². The van der Waals surface area contributed by atoms with Crippen LogP contribution in [0.2, 0.25) is 0 Å². The number of hydrogen-bond acceptors (Lipinski definition) is 2. The molecule has 5 aromatic carbocycles. The topological polar surface area (TPSA) is 46.0 Å². The fourth-order valence-corrected chi connectivity index (χ4v) is 7.71. The smallest absolute Gasteiger partial charge is 0.101 e. The van der Waals surface area contributed by atoms with E-state index in [1.54, 1.807) is 0 Å². The Morgan fingerprint density at radius 1 is 0.681 bits per heavy atom. The van der Waals surface area contributed by atoms with Crippen molar-refractivity contribution < 1.29 is 0 Å². The van der Waals surface area contributed by atoms with Gasteiger partial charge >= 0.3 is 0 Å². The average molecular weight is 603 g/mol. The van der Waals surface area contributed by atoms with E-state index in [9.17, 15) is 5.26 Å². The molecule has 4 nitrogen and oxygen atoms in total. The highest BCUT2D eigenvalue weighted by molar-refractivity contribution is 6.12. The highest BCUT2D eigenvalue weighted by Crippen LogP contribution is 2.44. The SMILES string of the molecule is CC1CC(n2c3ccccc3c3ccccc32)=C(C#N)C=C1C1=CCN=C=C1c1ccccc1-n1c2ccccc2c2ccccc21. The average Bonchev–Trinajstić information content (AvgIpc) is 3.65. The molecule has 7 aromatic rings. The summed E-state index contributed by atoms with van der Waals surface area (Å²) >= 11 is 0. The quantitative estimate of drug-likeness (QED) is 0.198. The molecular formula is C43H30N4. The van der Waals surface area contributed by atoms with Crippen LogP contribution in [0.5, 0.6) is 0 Å². The molecule has 0 spiro atoms. The third-order valence-corrected chi connectivity index (χ3v) is 9.76. The zero-order valence-corrected chi connectivity index (χ0v) is 26.0. The summed E-state index contributed by atoms with van der Waals surface area (Å²) in [5.74, 6) is 3.61. The molecule has 0 saturated heterocycles. The molecule has 4 heteroatoms. The lowest BCUT2D eigenvalue weighted by Gasteiger charge is -2.28. The molecule has 0 saturated carbocycles. The Morgan fingerprint density at radius 2 is 1.19 bits per heavy atom. The van der Waals surface area contributed by atoms with Gasteiger partial charge in [0, 0.05) is 32.8 Å². The van der Waals surface area contributed by atoms with Crippen molar-refractivity contribution in [2.75, 3.05) is 6.54 Å². The van der Waals surface area contributed by atoms with E-state index in [2.05, 4.69) is 166 Å². The molecule has 0 N–H and O–H groups in total. The first-order valence-electron chi connectivity index (χ1n) is 16.1. The van der Waals surface area contributed by atoms with Gasteiger partial charge in [0.05, 0.1) is 45.4 Å². The van der Waals surface area contributed by atoms with Crippen LogP contribution in [-0.2, 0) is 0 Å². The van der Waals surface area contributed by atoms with Crippen molar-refractivity contribution >= 4 is 60.8 Å². The van der Waals surface area contributed by atoms with E-state index in [4.69, 9.17) is 0 Å². The first-order valence-corrected chi connectivity index (χ1v) is 16.1. The Balaban J connectivity index is 1.22. The third kappa shape index (κ3) is 4.11. The minimum absolute atomic E-state index is 0.170. The molecule has 0 amide bonds. The Morgan fingerprint density at radius 3 is 1.77 bits per heavy atom. The van der Waals surface area contributed by atoms with Crippen LogP contribution in [0.25, 0.3) is 60.6 Å². The third-order valence-electron chi connectivity index (χ3n) is 9.76. The van der Waals surface area contributed by atoms with E-state index in [0.717, 1.165) is 62.2 Å². The van der Waals surface area contributed by atoms with Crippen molar-refractivity contribution in [3.63, 3.8) is 0 Å². The molecule has 2 aromatic heterocycles. The number of benzene rings is 5. The van der Waals surface area contributed by atoms with Crippen molar-refractivity contribution in [1.29, 1.82) is 5.26 Å². The molecule has 1 aliphatic heterocycles. The van der Waals surface area contributed by atoms with E-state index in [0.29, 0.717) is 12.1 Å². The van der Waals surface area contributed by atoms with Gasteiger partial charge in [-0.15, -0.1) is 0 Å². The van der Waals surface area contributed by atoms with Gasteiger partial charge in [-0.05, 0) is 65.8 Å². The van der Waals surface area contributed by atoms with Crippen LogP contribution in [0.4, 0.5) is 0 Å². The highest BCUT2D eigenvalue weighted by atomic mass is 15.0. The van der Waals surface area contributed by atoms with Crippen LogP contribution in [0.3, 0.4) is 0 Å². The Labute approximate surface area is 272 Å². The summed E-state index contributed by atoms with van der Waals surface area (Å²) < 4.78 is 4.67. The fraction of sp³-hybridized carbons (Fsp3) is 0.0930. The van der Waals surface area contributed by atoms with Crippen LogP contribution in [0, 0.1) is 17.2 Å². The number of aromatic nitrogens is 2. The number of nitrogens with zero attached hydrogens (tertiary/aromatic N) is 4. The minimum atomic E-state index is 0.170. The normalized spacial score (nSPS) is 16.5. The predicted octanol–water partition coefficient (Wildman–Crippen LogP) is 10.3. The van der Waals surface area contributed by atoms with Gasteiger partial charge in [0.2, 0.25) is 0 Å². The summed E-state index contributed by atoms with van der Waals surface area (Å²) in [6.45, 7) is 2.84. The van der Waals surface area contributed by atoms with E-state index in [1.165, 1.54) is 21.5 Å². The molecule has 47 heavy (non-hydrogen) atoms. The predicted molar refractivity (Wildman–Crippen MR) is 195 cm³/mol. The van der Waals surface area contributed by atoms with E-state index in [1.807, 2.05) is 0 Å². The number of nitriles is 1. The van der Waals surface area contributed by atoms with Gasteiger partial charge in [-0.2, -0.15) is 5.26 Å². The van der Waals surface area contributed by atoms with Gasteiger partial charge in [0.25, 0.3) is 0 Å². The summed E-state index contributed by atoms with van der Waals surface area (Å²) in [5, 5.41) is 15.5. The van der Waals surface area contributed by atoms with Crippen molar-refractivity contribution in [2.24, 2.45) is 10.9 Å². The zero-order chi connectivity index (χ0) is 31.5. The molecule has 222 valence electrons. The fourth-order valence-electron chi connectivity index (χ4n) is 7.71. The van der Waals surface area contributed by atoms with E-state index < -0.39 is 0 Å². The van der Waals surface area contributed by atoms with Crippen LogP contribution >= 0.6 is 0 Å². The molecule has 2 aliphatic rings. The number of aliphatic imine (C=N–C) groups is 1.